The first-order chi connectivity index (χ1) is 12.1. The lowest BCUT2D eigenvalue weighted by atomic mass is 10.2. The molecule has 0 saturated heterocycles. The van der Waals surface area contributed by atoms with Gasteiger partial charge in [-0.3, -0.25) is 4.79 Å². The normalized spacial score (nSPS) is 12.3. The Kier molecular flexibility index (Phi) is 5.39. The maximum atomic E-state index is 12.0. The molecule has 4 nitrogen and oxygen atoms in total. The topological polar surface area (TPSA) is 46.9 Å². The van der Waals surface area contributed by atoms with E-state index in [0.29, 0.717) is 13.0 Å². The Bertz CT molecular complexity index is 888. The Morgan fingerprint density at radius 1 is 1.20 bits per heavy atom. The minimum Gasteiger partial charge on any atom is -0.346 e. The van der Waals surface area contributed by atoms with Crippen molar-refractivity contribution in [2.24, 2.45) is 0 Å². The molecule has 1 amide bonds. The van der Waals surface area contributed by atoms with Gasteiger partial charge in [0.15, 0.2) is 0 Å². The molecule has 0 spiro atoms. The number of hydrogen-bond acceptors (Lipinski definition) is 2. The molecule has 1 N–H and O–H groups in total. The zero-order chi connectivity index (χ0) is 17.8. The summed E-state index contributed by atoms with van der Waals surface area (Å²) in [6, 6.07) is 15.6. The van der Waals surface area contributed by atoms with Gasteiger partial charge in [-0.15, -0.1) is 0 Å². The van der Waals surface area contributed by atoms with Gasteiger partial charge < -0.3 is 9.88 Å². The van der Waals surface area contributed by atoms with Gasteiger partial charge >= 0.3 is 0 Å². The maximum Gasteiger partial charge on any atom is 0.220 e. The molecule has 1 aromatic heterocycles. The van der Waals surface area contributed by atoms with Gasteiger partial charge in [0.2, 0.25) is 5.91 Å². The average Bonchev–Trinajstić information content (AvgIpc) is 2.96. The van der Waals surface area contributed by atoms with Crippen LogP contribution in [0.5, 0.6) is 0 Å². The van der Waals surface area contributed by atoms with Crippen LogP contribution < -0.4 is 5.32 Å². The number of amides is 1. The average molecular weight is 356 g/mol. The molecular weight excluding hydrogens is 334 g/mol. The first-order valence-electron chi connectivity index (χ1n) is 8.58. The second-order valence-corrected chi connectivity index (χ2v) is 6.58. The van der Waals surface area contributed by atoms with Crippen LogP contribution in [0.2, 0.25) is 5.02 Å². The number of halogens is 1. The molecule has 0 aliphatic carbocycles. The first-order valence-corrected chi connectivity index (χ1v) is 8.96. The van der Waals surface area contributed by atoms with E-state index >= 15 is 0 Å². The molecule has 3 rings (SSSR count). The fourth-order valence-electron chi connectivity index (χ4n) is 2.99. The highest BCUT2D eigenvalue weighted by atomic mass is 35.5. The summed E-state index contributed by atoms with van der Waals surface area (Å²) in [5.41, 5.74) is 2.98. The van der Waals surface area contributed by atoms with Crippen LogP contribution in [0.25, 0.3) is 11.0 Å². The van der Waals surface area contributed by atoms with Crippen LogP contribution in [0.4, 0.5) is 0 Å². The summed E-state index contributed by atoms with van der Waals surface area (Å²) in [6.45, 7) is 4.58. The molecule has 1 unspecified atom stereocenters. The van der Waals surface area contributed by atoms with Crippen molar-refractivity contribution < 1.29 is 4.79 Å². The van der Waals surface area contributed by atoms with Crippen LogP contribution in [-0.2, 0) is 11.3 Å². The van der Waals surface area contributed by atoms with Crippen molar-refractivity contribution in [2.45, 2.75) is 39.3 Å². The van der Waals surface area contributed by atoms with Crippen molar-refractivity contribution in [1.29, 1.82) is 0 Å². The summed E-state index contributed by atoms with van der Waals surface area (Å²) in [4.78, 5) is 16.8. The number of fused-ring (bicyclic) bond motifs is 1. The zero-order valence-electron chi connectivity index (χ0n) is 14.5. The summed E-state index contributed by atoms with van der Waals surface area (Å²) < 4.78 is 2.13. The number of carbonyl (C=O) groups is 1. The SMILES string of the molecule is CCCC(=O)NC(C)c1nc2ccccc2n1Cc1ccccc1Cl. The van der Waals surface area contributed by atoms with Crippen LogP contribution in [0, 0.1) is 0 Å². The molecule has 0 fully saturated rings. The van der Waals surface area contributed by atoms with Crippen LogP contribution in [0.3, 0.4) is 0 Å². The summed E-state index contributed by atoms with van der Waals surface area (Å²) in [5.74, 6) is 0.886. The van der Waals surface area contributed by atoms with E-state index in [2.05, 4.69) is 9.88 Å². The minimum absolute atomic E-state index is 0.0475. The number of rotatable bonds is 6. The second kappa shape index (κ2) is 7.70. The third-order valence-electron chi connectivity index (χ3n) is 4.21. The van der Waals surface area contributed by atoms with E-state index < -0.39 is 0 Å². The third kappa shape index (κ3) is 3.85. The molecule has 0 saturated carbocycles. The molecule has 5 heteroatoms. The molecule has 0 aliphatic rings. The third-order valence-corrected chi connectivity index (χ3v) is 4.58. The maximum absolute atomic E-state index is 12.0. The van der Waals surface area contributed by atoms with Crippen molar-refractivity contribution in [3.05, 3.63) is 64.9 Å². The molecule has 0 radical (unpaired) electrons. The fourth-order valence-corrected chi connectivity index (χ4v) is 3.19. The van der Waals surface area contributed by atoms with Crippen molar-refractivity contribution in [3.63, 3.8) is 0 Å². The number of imidazole rings is 1. The summed E-state index contributed by atoms with van der Waals surface area (Å²) in [5, 5.41) is 3.77. The van der Waals surface area contributed by atoms with Gasteiger partial charge in [0.05, 0.1) is 23.6 Å². The smallest absolute Gasteiger partial charge is 0.220 e. The standard InChI is InChI=1S/C20H22ClN3O/c1-3-8-19(25)22-14(2)20-23-17-11-6-7-12-18(17)24(20)13-15-9-4-5-10-16(15)21/h4-7,9-12,14H,3,8,13H2,1-2H3,(H,22,25). The Morgan fingerprint density at radius 2 is 1.92 bits per heavy atom. The molecule has 1 heterocycles. The Balaban J connectivity index is 2.00. The van der Waals surface area contributed by atoms with E-state index in [-0.39, 0.29) is 11.9 Å². The van der Waals surface area contributed by atoms with Crippen molar-refractivity contribution in [2.75, 3.05) is 0 Å². The lowest BCUT2D eigenvalue weighted by molar-refractivity contribution is -0.121. The molecular formula is C20H22ClN3O. The van der Waals surface area contributed by atoms with E-state index in [4.69, 9.17) is 16.6 Å². The monoisotopic (exact) mass is 355 g/mol. The first kappa shape index (κ1) is 17.5. The Labute approximate surface area is 152 Å². The minimum atomic E-state index is -0.172. The highest BCUT2D eigenvalue weighted by Gasteiger charge is 2.18. The number of nitrogens with zero attached hydrogens (tertiary/aromatic N) is 2. The second-order valence-electron chi connectivity index (χ2n) is 6.18. The molecule has 25 heavy (non-hydrogen) atoms. The van der Waals surface area contributed by atoms with Gasteiger partial charge in [-0.05, 0) is 37.1 Å². The van der Waals surface area contributed by atoms with E-state index in [1.807, 2.05) is 62.4 Å². The number of aromatic nitrogens is 2. The van der Waals surface area contributed by atoms with Gasteiger partial charge in [0, 0.05) is 11.4 Å². The van der Waals surface area contributed by atoms with Gasteiger partial charge in [-0.1, -0.05) is 48.9 Å². The number of para-hydroxylation sites is 2. The molecule has 2 aromatic carbocycles. The lowest BCUT2D eigenvalue weighted by Gasteiger charge is -2.17. The number of hydrogen-bond donors (Lipinski definition) is 1. The van der Waals surface area contributed by atoms with Gasteiger partial charge in [0.25, 0.3) is 0 Å². The Hall–Kier alpha value is -2.33. The summed E-state index contributed by atoms with van der Waals surface area (Å²) in [6.07, 6.45) is 1.35. The van der Waals surface area contributed by atoms with Gasteiger partial charge in [-0.25, -0.2) is 4.98 Å². The molecule has 130 valence electrons. The van der Waals surface area contributed by atoms with E-state index in [0.717, 1.165) is 33.9 Å². The molecule has 0 bridgehead atoms. The highest BCUT2D eigenvalue weighted by Crippen LogP contribution is 2.24. The van der Waals surface area contributed by atoms with E-state index in [9.17, 15) is 4.79 Å². The lowest BCUT2D eigenvalue weighted by Crippen LogP contribution is -2.28. The fraction of sp³-hybridized carbons (Fsp3) is 0.300. The number of nitrogens with one attached hydrogen (secondary N) is 1. The van der Waals surface area contributed by atoms with Crippen LogP contribution in [0.15, 0.2) is 48.5 Å². The van der Waals surface area contributed by atoms with Crippen LogP contribution in [0.1, 0.15) is 44.1 Å². The van der Waals surface area contributed by atoms with E-state index in [1.165, 1.54) is 0 Å². The van der Waals surface area contributed by atoms with Crippen LogP contribution in [-0.4, -0.2) is 15.5 Å². The van der Waals surface area contributed by atoms with Gasteiger partial charge in [0.1, 0.15) is 5.82 Å². The number of carbonyl (C=O) groups excluding carboxylic acids is 1. The predicted molar refractivity (Wildman–Crippen MR) is 102 cm³/mol. The van der Waals surface area contributed by atoms with Crippen molar-refractivity contribution in [1.82, 2.24) is 14.9 Å². The highest BCUT2D eigenvalue weighted by molar-refractivity contribution is 6.31. The van der Waals surface area contributed by atoms with E-state index in [1.54, 1.807) is 0 Å². The molecule has 1 atom stereocenters. The van der Waals surface area contributed by atoms with Crippen LogP contribution >= 0.6 is 11.6 Å². The van der Waals surface area contributed by atoms with Crippen molar-refractivity contribution >= 4 is 28.5 Å². The molecule has 3 aromatic rings. The summed E-state index contributed by atoms with van der Waals surface area (Å²) >= 11 is 6.35. The van der Waals surface area contributed by atoms with Gasteiger partial charge in [-0.2, -0.15) is 0 Å². The quantitative estimate of drug-likeness (QED) is 0.695. The predicted octanol–water partition coefficient (Wildman–Crippen LogP) is 4.72. The van der Waals surface area contributed by atoms with Crippen molar-refractivity contribution in [3.8, 4) is 0 Å². The summed E-state index contributed by atoms with van der Waals surface area (Å²) in [7, 11) is 0. The Morgan fingerprint density at radius 3 is 2.68 bits per heavy atom. The zero-order valence-corrected chi connectivity index (χ0v) is 15.3. The largest absolute Gasteiger partial charge is 0.346 e. The molecule has 0 aliphatic heterocycles. The number of benzene rings is 2.